The van der Waals surface area contributed by atoms with Crippen LogP contribution in [0, 0.1) is 0 Å². The van der Waals surface area contributed by atoms with E-state index in [1.54, 1.807) is 47.4 Å². The monoisotopic (exact) mass is 531 g/mol. The number of hydrogen-bond donors (Lipinski definition) is 0. The number of rotatable bonds is 5. The van der Waals surface area contributed by atoms with E-state index >= 15 is 0 Å². The van der Waals surface area contributed by atoms with Crippen molar-refractivity contribution in [3.63, 3.8) is 0 Å². The molecule has 1 spiro atoms. The third-order valence-corrected chi connectivity index (χ3v) is 7.29. The van der Waals surface area contributed by atoms with Crippen molar-refractivity contribution >= 4 is 40.3 Å². The van der Waals surface area contributed by atoms with E-state index < -0.39 is 29.6 Å². The van der Waals surface area contributed by atoms with E-state index in [0.29, 0.717) is 22.2 Å². The molecule has 4 aromatic carbocycles. The number of carbonyl (C=O) groups is 3. The summed E-state index contributed by atoms with van der Waals surface area (Å²) in [5.41, 5.74) is 0.00517. The fraction of sp³-hybridized carbons (Fsp3) is 0.121. The van der Waals surface area contributed by atoms with E-state index in [2.05, 4.69) is 0 Å². The number of hydrogen-bond acceptors (Lipinski definition) is 7. The van der Waals surface area contributed by atoms with Crippen molar-refractivity contribution in [3.8, 4) is 0 Å². The molecule has 4 aromatic rings. The van der Waals surface area contributed by atoms with Crippen molar-refractivity contribution in [1.82, 2.24) is 0 Å². The van der Waals surface area contributed by atoms with Crippen LogP contribution in [0.15, 0.2) is 114 Å². The highest BCUT2D eigenvalue weighted by molar-refractivity contribution is 6.25. The summed E-state index contributed by atoms with van der Waals surface area (Å²) in [6.45, 7) is 0. The predicted molar refractivity (Wildman–Crippen MR) is 150 cm³/mol. The lowest BCUT2D eigenvalue weighted by atomic mass is 9.82. The lowest BCUT2D eigenvalue weighted by molar-refractivity contribution is -0.145. The molecule has 0 saturated heterocycles. The Balaban J connectivity index is 1.70. The quantitative estimate of drug-likeness (QED) is 0.319. The summed E-state index contributed by atoms with van der Waals surface area (Å²) < 4.78 is 17.2. The van der Waals surface area contributed by atoms with E-state index in [1.165, 1.54) is 14.2 Å². The smallest absolute Gasteiger partial charge is 0.355 e. The molecule has 0 fully saturated rings. The Morgan fingerprint density at radius 2 is 1.48 bits per heavy atom. The fourth-order valence-electron chi connectivity index (χ4n) is 5.60. The summed E-state index contributed by atoms with van der Waals surface area (Å²) in [5, 5.41) is 1.48. The zero-order valence-corrected chi connectivity index (χ0v) is 21.9. The average Bonchev–Trinajstić information content (AvgIpc) is 3.24. The number of anilines is 1. The summed E-state index contributed by atoms with van der Waals surface area (Å²) >= 11 is 0. The molecule has 7 nitrogen and oxygen atoms in total. The van der Waals surface area contributed by atoms with Gasteiger partial charge < -0.3 is 19.1 Å². The number of benzene rings is 4. The molecule has 2 aliphatic rings. The second-order valence-electron chi connectivity index (χ2n) is 9.41. The molecule has 0 aromatic heterocycles. The van der Waals surface area contributed by atoms with Crippen LogP contribution in [0.25, 0.3) is 16.8 Å². The molecule has 0 N–H and O–H groups in total. The molecule has 1 aliphatic carbocycles. The molecule has 7 heteroatoms. The first kappa shape index (κ1) is 25.3. The molecule has 40 heavy (non-hydrogen) atoms. The average molecular weight is 532 g/mol. The van der Waals surface area contributed by atoms with Gasteiger partial charge in [0.25, 0.3) is 0 Å². The molecule has 2 atom stereocenters. The number of esters is 2. The third-order valence-electron chi connectivity index (χ3n) is 7.29. The van der Waals surface area contributed by atoms with E-state index in [0.717, 1.165) is 10.9 Å². The molecule has 1 unspecified atom stereocenters. The highest BCUT2D eigenvalue weighted by Gasteiger charge is 2.61. The van der Waals surface area contributed by atoms with Gasteiger partial charge in [-0.05, 0) is 34.5 Å². The Labute approximate surface area is 230 Å². The summed E-state index contributed by atoms with van der Waals surface area (Å²) in [7, 11) is 2.44. The van der Waals surface area contributed by atoms with Gasteiger partial charge >= 0.3 is 11.9 Å². The van der Waals surface area contributed by atoms with E-state index in [1.807, 2.05) is 66.7 Å². The van der Waals surface area contributed by atoms with Gasteiger partial charge in [0.05, 0.1) is 14.2 Å². The van der Waals surface area contributed by atoms with Crippen molar-refractivity contribution in [2.75, 3.05) is 19.1 Å². The highest BCUT2D eigenvalue weighted by atomic mass is 16.6. The zero-order valence-electron chi connectivity index (χ0n) is 21.9. The maximum Gasteiger partial charge on any atom is 0.355 e. The molecule has 6 rings (SSSR count). The van der Waals surface area contributed by atoms with E-state index in [-0.39, 0.29) is 11.3 Å². The molecule has 0 saturated carbocycles. The Morgan fingerprint density at radius 1 is 0.825 bits per heavy atom. The van der Waals surface area contributed by atoms with Crippen LogP contribution >= 0.6 is 0 Å². The summed E-state index contributed by atoms with van der Waals surface area (Å²) in [6, 6.07) is 29.4. The number of methoxy groups -OCH3 is 2. The van der Waals surface area contributed by atoms with Crippen molar-refractivity contribution in [1.29, 1.82) is 0 Å². The van der Waals surface area contributed by atoms with Crippen molar-refractivity contribution < 1.29 is 28.6 Å². The van der Waals surface area contributed by atoms with Gasteiger partial charge in [0.2, 0.25) is 5.78 Å². The number of Topliss-reactive ketones (excluding diaryl/α,β-unsaturated/α-hetero) is 1. The topological polar surface area (TPSA) is 82.1 Å². The Kier molecular flexibility index (Phi) is 6.28. The summed E-state index contributed by atoms with van der Waals surface area (Å²) in [5.74, 6) is -2.13. The van der Waals surface area contributed by atoms with Gasteiger partial charge in [-0.25, -0.2) is 9.59 Å². The Bertz CT molecular complexity index is 1700. The van der Waals surface area contributed by atoms with Gasteiger partial charge in [-0.2, -0.15) is 0 Å². The maximum absolute atomic E-state index is 14.4. The van der Waals surface area contributed by atoms with Crippen LogP contribution < -0.4 is 4.90 Å². The van der Waals surface area contributed by atoms with E-state index in [4.69, 9.17) is 14.2 Å². The standard InChI is InChI=1S/C33H25NO6/c1-38-31(36)28-29(32(37)39-2)34(23-15-7-4-8-16-23)26(20-19-21-11-5-3-6-12-21)40-33(28)25-18-10-14-22-13-9-17-24(27(22)25)30(33)35/h3-20,26H,1-2H3/b20-19+/t26?,33-/m1/s1. The van der Waals surface area contributed by atoms with Crippen molar-refractivity contribution in [2.24, 2.45) is 0 Å². The second kappa shape index (κ2) is 9.94. The molecular formula is C33H25NO6. The SMILES string of the molecule is COC(=O)C1=C(C(=O)OC)[C@@]2(OC(/C=C/c3ccccc3)N1c1ccccc1)C(=O)c1cccc3cccc2c13. The number of carbonyl (C=O) groups excluding carboxylic acids is 3. The van der Waals surface area contributed by atoms with E-state index in [9.17, 15) is 14.4 Å². The number of nitrogens with zero attached hydrogens (tertiary/aromatic N) is 1. The van der Waals surface area contributed by atoms with Crippen LogP contribution in [0.1, 0.15) is 21.5 Å². The van der Waals surface area contributed by atoms with Crippen LogP contribution in [0.4, 0.5) is 5.69 Å². The van der Waals surface area contributed by atoms with Gasteiger partial charge in [0.15, 0.2) is 11.8 Å². The summed E-state index contributed by atoms with van der Waals surface area (Å²) in [6.07, 6.45) is 2.62. The first-order chi connectivity index (χ1) is 19.5. The van der Waals surface area contributed by atoms with Gasteiger partial charge in [-0.1, -0.05) is 91.0 Å². The number of ketones is 1. The van der Waals surface area contributed by atoms with Crippen LogP contribution in [0.2, 0.25) is 0 Å². The fourth-order valence-corrected chi connectivity index (χ4v) is 5.60. The van der Waals surface area contributed by atoms with Crippen molar-refractivity contribution in [3.05, 3.63) is 131 Å². The second-order valence-corrected chi connectivity index (χ2v) is 9.41. The number of ether oxygens (including phenoxy) is 3. The zero-order chi connectivity index (χ0) is 27.9. The number of fused-ring (bicyclic) bond motifs is 1. The van der Waals surface area contributed by atoms with Gasteiger partial charge in [0, 0.05) is 16.8 Å². The molecule has 1 aliphatic heterocycles. The van der Waals surface area contributed by atoms with Crippen LogP contribution in [0.5, 0.6) is 0 Å². The minimum absolute atomic E-state index is 0.132. The predicted octanol–water partition coefficient (Wildman–Crippen LogP) is 5.41. The summed E-state index contributed by atoms with van der Waals surface area (Å²) in [4.78, 5) is 43.3. The molecule has 1 heterocycles. The highest BCUT2D eigenvalue weighted by Crippen LogP contribution is 2.53. The van der Waals surface area contributed by atoms with Crippen LogP contribution in [-0.2, 0) is 29.4 Å². The van der Waals surface area contributed by atoms with Gasteiger partial charge in [0.1, 0.15) is 11.3 Å². The maximum atomic E-state index is 14.4. The van der Waals surface area contributed by atoms with Gasteiger partial charge in [-0.15, -0.1) is 0 Å². The largest absolute Gasteiger partial charge is 0.465 e. The minimum Gasteiger partial charge on any atom is -0.465 e. The Morgan fingerprint density at radius 3 is 2.15 bits per heavy atom. The lowest BCUT2D eigenvalue weighted by Crippen LogP contribution is -2.55. The minimum atomic E-state index is -1.95. The molecule has 0 amide bonds. The normalized spacial score (nSPS) is 20.0. The van der Waals surface area contributed by atoms with Crippen LogP contribution in [-0.4, -0.2) is 38.2 Å². The first-order valence-electron chi connectivity index (χ1n) is 12.7. The molecule has 0 bridgehead atoms. The molecule has 0 radical (unpaired) electrons. The Hall–Kier alpha value is -5.01. The van der Waals surface area contributed by atoms with Gasteiger partial charge in [-0.3, -0.25) is 4.79 Å². The number of para-hydroxylation sites is 1. The lowest BCUT2D eigenvalue weighted by Gasteiger charge is -2.45. The third kappa shape index (κ3) is 3.74. The van der Waals surface area contributed by atoms with Crippen molar-refractivity contribution in [2.45, 2.75) is 11.8 Å². The molecular weight excluding hydrogens is 506 g/mol. The molecule has 198 valence electrons. The first-order valence-corrected chi connectivity index (χ1v) is 12.7. The van der Waals surface area contributed by atoms with Crippen LogP contribution in [0.3, 0.4) is 0 Å².